The summed E-state index contributed by atoms with van der Waals surface area (Å²) in [7, 11) is 0. The first-order chi connectivity index (χ1) is 4.75. The van der Waals surface area contributed by atoms with E-state index >= 15 is 0 Å². The van der Waals surface area contributed by atoms with Gasteiger partial charge < -0.3 is 0 Å². The summed E-state index contributed by atoms with van der Waals surface area (Å²) in [6.45, 7) is 5.44. The van der Waals surface area contributed by atoms with Gasteiger partial charge >= 0.3 is 0 Å². The van der Waals surface area contributed by atoms with Gasteiger partial charge in [-0.15, -0.1) is 12.6 Å². The molecule has 0 amide bonds. The lowest BCUT2D eigenvalue weighted by atomic mass is 10.2. The summed E-state index contributed by atoms with van der Waals surface area (Å²) in [5.74, 6) is 0. The first-order valence-corrected chi connectivity index (χ1v) is 3.45. The van der Waals surface area contributed by atoms with Gasteiger partial charge in [0.25, 0.3) is 0 Å². The number of hydrogen-bond acceptors (Lipinski definition) is 2. The Morgan fingerprint density at radius 1 is 1.50 bits per heavy atom. The molecule has 1 nitrogen and oxygen atoms in total. The van der Waals surface area contributed by atoms with E-state index < -0.39 is 0 Å². The second-order valence-corrected chi connectivity index (χ2v) is 2.58. The molecule has 0 aromatic heterocycles. The van der Waals surface area contributed by atoms with Gasteiger partial charge in [0.1, 0.15) is 0 Å². The molecule has 0 N–H and O–H groups in total. The Kier molecular flexibility index (Phi) is 2.12. The number of aliphatic imine (C=N–C) groups is 1. The van der Waals surface area contributed by atoms with Crippen molar-refractivity contribution in [1.82, 2.24) is 0 Å². The van der Waals surface area contributed by atoms with Crippen molar-refractivity contribution in [2.75, 3.05) is 0 Å². The second-order valence-electron chi connectivity index (χ2n) is 2.10. The highest BCUT2D eigenvalue weighted by Gasteiger charge is 1.96. The Morgan fingerprint density at radius 3 is 2.60 bits per heavy atom. The maximum Gasteiger partial charge on any atom is 0.0784 e. The monoisotopic (exact) mass is 151 g/mol. The average Bonchev–Trinajstić information content (AvgIpc) is 1.88. The molecule has 0 aliphatic carbocycles. The molecule has 10 heavy (non-hydrogen) atoms. The van der Waals surface area contributed by atoms with Crippen molar-refractivity contribution < 1.29 is 0 Å². The topological polar surface area (TPSA) is 12.4 Å². The van der Waals surface area contributed by atoms with Crippen molar-refractivity contribution in [3.63, 3.8) is 0 Å². The zero-order valence-electron chi connectivity index (χ0n) is 5.83. The Hall–Kier alpha value is -0.760. The summed E-state index contributed by atoms with van der Waals surface area (Å²) in [6, 6.07) is 5.84. The molecular weight excluding hydrogens is 142 g/mol. The van der Waals surface area contributed by atoms with E-state index in [0.717, 1.165) is 16.1 Å². The molecule has 0 atom stereocenters. The Morgan fingerprint density at radius 2 is 2.20 bits per heavy atom. The smallest absolute Gasteiger partial charge is 0.0784 e. The van der Waals surface area contributed by atoms with Crippen molar-refractivity contribution in [2.45, 2.75) is 11.8 Å². The Balaban J connectivity index is 3.30. The van der Waals surface area contributed by atoms with E-state index in [1.165, 1.54) is 0 Å². The van der Waals surface area contributed by atoms with Gasteiger partial charge in [-0.25, -0.2) is 0 Å². The minimum atomic E-state index is 0.880. The third-order valence-electron chi connectivity index (χ3n) is 1.37. The summed E-state index contributed by atoms with van der Waals surface area (Å²) in [5.41, 5.74) is 1.99. The molecular formula is C8H9NS. The molecule has 0 heterocycles. The predicted octanol–water partition coefficient (Wildman–Crippen LogP) is 2.62. The molecule has 52 valence electrons. The molecule has 0 fully saturated rings. The van der Waals surface area contributed by atoms with Crippen molar-refractivity contribution in [3.05, 3.63) is 23.8 Å². The van der Waals surface area contributed by atoms with Gasteiger partial charge in [-0.2, -0.15) is 0 Å². The fourth-order valence-corrected chi connectivity index (χ4v) is 1.18. The highest BCUT2D eigenvalue weighted by atomic mass is 32.1. The normalized spacial score (nSPS) is 9.40. The number of rotatable bonds is 1. The van der Waals surface area contributed by atoms with Gasteiger partial charge in [0.15, 0.2) is 0 Å². The molecule has 1 aromatic rings. The molecule has 0 saturated carbocycles. The van der Waals surface area contributed by atoms with Gasteiger partial charge in [-0.3, -0.25) is 4.99 Å². The summed E-state index contributed by atoms with van der Waals surface area (Å²) in [6.07, 6.45) is 0. The molecule has 0 unspecified atom stereocenters. The van der Waals surface area contributed by atoms with Crippen molar-refractivity contribution in [1.29, 1.82) is 0 Å². The van der Waals surface area contributed by atoms with Crippen LogP contribution in [0, 0.1) is 6.92 Å². The lowest BCUT2D eigenvalue weighted by Gasteiger charge is -2.00. The highest BCUT2D eigenvalue weighted by Crippen LogP contribution is 2.25. The SMILES string of the molecule is C=Nc1c(C)cccc1S. The van der Waals surface area contributed by atoms with Crippen LogP contribution in [0.5, 0.6) is 0 Å². The van der Waals surface area contributed by atoms with Gasteiger partial charge in [-0.1, -0.05) is 12.1 Å². The van der Waals surface area contributed by atoms with Crippen LogP contribution in [-0.2, 0) is 0 Å². The molecule has 0 aliphatic heterocycles. The summed E-state index contributed by atoms with van der Waals surface area (Å²) in [4.78, 5) is 4.73. The highest BCUT2D eigenvalue weighted by molar-refractivity contribution is 7.80. The van der Waals surface area contributed by atoms with E-state index in [4.69, 9.17) is 0 Å². The van der Waals surface area contributed by atoms with Crippen LogP contribution in [0.3, 0.4) is 0 Å². The average molecular weight is 151 g/mol. The van der Waals surface area contributed by atoms with Gasteiger partial charge in [0.2, 0.25) is 0 Å². The minimum Gasteiger partial charge on any atom is -0.263 e. The van der Waals surface area contributed by atoms with E-state index in [2.05, 4.69) is 24.3 Å². The van der Waals surface area contributed by atoms with E-state index in [1.54, 1.807) is 0 Å². The second kappa shape index (κ2) is 2.88. The number of benzene rings is 1. The standard InChI is InChI=1S/C8H9NS/c1-6-4-3-5-7(10)8(6)9-2/h3-5,10H,2H2,1H3. The van der Waals surface area contributed by atoms with Crippen LogP contribution in [0.25, 0.3) is 0 Å². The molecule has 0 aliphatic rings. The summed E-state index contributed by atoms with van der Waals surface area (Å²) in [5, 5.41) is 0. The fraction of sp³-hybridized carbons (Fsp3) is 0.125. The zero-order valence-corrected chi connectivity index (χ0v) is 6.73. The lowest BCUT2D eigenvalue weighted by molar-refractivity contribution is 1.32. The maximum absolute atomic E-state index is 4.21. The van der Waals surface area contributed by atoms with Crippen molar-refractivity contribution in [2.24, 2.45) is 4.99 Å². The zero-order chi connectivity index (χ0) is 7.56. The summed E-state index contributed by atoms with van der Waals surface area (Å²) < 4.78 is 0. The number of thiol groups is 1. The van der Waals surface area contributed by atoms with Crippen LogP contribution in [0.2, 0.25) is 0 Å². The fourth-order valence-electron chi connectivity index (χ4n) is 0.849. The molecule has 1 rings (SSSR count). The Bertz CT molecular complexity index is 235. The lowest BCUT2D eigenvalue weighted by Crippen LogP contribution is -1.74. The van der Waals surface area contributed by atoms with Crippen LogP contribution in [0.4, 0.5) is 5.69 Å². The third kappa shape index (κ3) is 1.21. The largest absolute Gasteiger partial charge is 0.263 e. The van der Waals surface area contributed by atoms with Crippen LogP contribution in [0.15, 0.2) is 28.1 Å². The molecule has 0 bridgehead atoms. The van der Waals surface area contributed by atoms with E-state index in [0.29, 0.717) is 0 Å². The van der Waals surface area contributed by atoms with Gasteiger partial charge in [-0.05, 0) is 25.3 Å². The van der Waals surface area contributed by atoms with Crippen molar-refractivity contribution >= 4 is 25.0 Å². The Labute approximate surface area is 66.2 Å². The van der Waals surface area contributed by atoms with Crippen LogP contribution in [0.1, 0.15) is 5.56 Å². The minimum absolute atomic E-state index is 0.880. The number of para-hydroxylation sites is 1. The predicted molar refractivity (Wildman–Crippen MR) is 47.6 cm³/mol. The molecule has 0 spiro atoms. The number of nitrogens with zero attached hydrogens (tertiary/aromatic N) is 1. The molecule has 2 heteroatoms. The van der Waals surface area contributed by atoms with Crippen molar-refractivity contribution in [3.8, 4) is 0 Å². The van der Waals surface area contributed by atoms with Crippen LogP contribution >= 0.6 is 12.6 Å². The molecule has 0 radical (unpaired) electrons. The number of hydrogen-bond donors (Lipinski definition) is 1. The van der Waals surface area contributed by atoms with Crippen LogP contribution in [-0.4, -0.2) is 6.72 Å². The molecule has 0 saturated heterocycles. The van der Waals surface area contributed by atoms with E-state index in [-0.39, 0.29) is 0 Å². The number of aryl methyl sites for hydroxylation is 1. The third-order valence-corrected chi connectivity index (χ3v) is 1.74. The van der Waals surface area contributed by atoms with Crippen LogP contribution < -0.4 is 0 Å². The maximum atomic E-state index is 4.21. The first-order valence-electron chi connectivity index (χ1n) is 3.01. The van der Waals surface area contributed by atoms with E-state index in [1.807, 2.05) is 25.1 Å². The first kappa shape index (κ1) is 7.35. The molecule has 1 aromatic carbocycles. The van der Waals surface area contributed by atoms with Gasteiger partial charge in [0.05, 0.1) is 5.69 Å². The van der Waals surface area contributed by atoms with Gasteiger partial charge in [0, 0.05) is 4.90 Å². The summed E-state index contributed by atoms with van der Waals surface area (Å²) >= 11 is 4.21. The van der Waals surface area contributed by atoms with E-state index in [9.17, 15) is 0 Å². The quantitative estimate of drug-likeness (QED) is 0.468.